The highest BCUT2D eigenvalue weighted by molar-refractivity contribution is 6.32. The fraction of sp³-hybridized carbons (Fsp3) is 0.273. The Morgan fingerprint density at radius 1 is 1.44 bits per heavy atom. The predicted molar refractivity (Wildman–Crippen MR) is 64.3 cm³/mol. The summed E-state index contributed by atoms with van der Waals surface area (Å²) in [6.45, 7) is 1.51. The van der Waals surface area contributed by atoms with Crippen LogP contribution >= 0.6 is 11.6 Å². The summed E-state index contributed by atoms with van der Waals surface area (Å²) >= 11 is 5.74. The molecular weight excluding hydrogens is 262 g/mol. The highest BCUT2D eigenvalue weighted by atomic mass is 35.5. The number of halogens is 1. The number of phenolic OH excluding ortho intramolecular Hbond substituents is 1. The molecule has 0 saturated carbocycles. The first kappa shape index (κ1) is 14.1. The normalized spacial score (nSPS) is 9.89. The Labute approximate surface area is 108 Å². The van der Waals surface area contributed by atoms with Gasteiger partial charge in [0.2, 0.25) is 0 Å². The van der Waals surface area contributed by atoms with E-state index < -0.39 is 18.4 Å². The number of aliphatic carboxylic acids is 1. The van der Waals surface area contributed by atoms with E-state index in [0.29, 0.717) is 6.61 Å². The molecule has 0 fully saturated rings. The first-order valence-corrected chi connectivity index (χ1v) is 5.48. The van der Waals surface area contributed by atoms with E-state index in [1.54, 1.807) is 6.92 Å². The molecule has 7 heteroatoms. The number of carbonyl (C=O) groups is 2. The Morgan fingerprint density at radius 3 is 2.67 bits per heavy atom. The van der Waals surface area contributed by atoms with E-state index in [1.165, 1.54) is 12.1 Å². The Kier molecular flexibility index (Phi) is 4.79. The molecule has 0 aromatic heterocycles. The molecule has 0 radical (unpaired) electrons. The molecule has 1 amide bonds. The Balaban J connectivity index is 2.95. The van der Waals surface area contributed by atoms with E-state index in [0.717, 1.165) is 0 Å². The molecule has 0 bridgehead atoms. The summed E-state index contributed by atoms with van der Waals surface area (Å²) in [6.07, 6.45) is 0. The molecule has 0 saturated heterocycles. The maximum atomic E-state index is 11.6. The van der Waals surface area contributed by atoms with Crippen LogP contribution in [0.5, 0.6) is 11.5 Å². The number of aromatic hydroxyl groups is 1. The molecule has 1 aromatic carbocycles. The highest BCUT2D eigenvalue weighted by Crippen LogP contribution is 2.35. The first-order valence-electron chi connectivity index (χ1n) is 5.11. The van der Waals surface area contributed by atoms with Crippen molar-refractivity contribution in [3.05, 3.63) is 22.7 Å². The van der Waals surface area contributed by atoms with Gasteiger partial charge < -0.3 is 20.3 Å². The van der Waals surface area contributed by atoms with Gasteiger partial charge in [-0.3, -0.25) is 9.59 Å². The second-order valence-corrected chi connectivity index (χ2v) is 3.72. The van der Waals surface area contributed by atoms with E-state index in [1.807, 2.05) is 0 Å². The molecule has 6 nitrogen and oxygen atoms in total. The number of hydrogen-bond acceptors (Lipinski definition) is 4. The number of amides is 1. The molecule has 0 aliphatic heterocycles. The Bertz CT molecular complexity index is 475. The summed E-state index contributed by atoms with van der Waals surface area (Å²) in [5.41, 5.74) is 0.113. The van der Waals surface area contributed by atoms with Gasteiger partial charge in [-0.1, -0.05) is 11.6 Å². The van der Waals surface area contributed by atoms with Gasteiger partial charge in [-0.25, -0.2) is 0 Å². The zero-order valence-corrected chi connectivity index (χ0v) is 10.3. The van der Waals surface area contributed by atoms with Gasteiger partial charge >= 0.3 is 5.97 Å². The van der Waals surface area contributed by atoms with Crippen LogP contribution in [0.3, 0.4) is 0 Å². The lowest BCUT2D eigenvalue weighted by Crippen LogP contribution is -2.29. The average Bonchev–Trinajstić information content (AvgIpc) is 2.31. The van der Waals surface area contributed by atoms with Crippen molar-refractivity contribution in [1.29, 1.82) is 0 Å². The second kappa shape index (κ2) is 6.11. The molecule has 0 spiro atoms. The number of nitrogens with one attached hydrogen (secondary N) is 1. The summed E-state index contributed by atoms with van der Waals surface area (Å²) in [5, 5.41) is 20.2. The lowest BCUT2D eigenvalue weighted by atomic mass is 10.2. The molecule has 0 aliphatic carbocycles. The minimum atomic E-state index is -1.15. The molecule has 0 aliphatic rings. The van der Waals surface area contributed by atoms with Crippen LogP contribution in [0.1, 0.15) is 17.3 Å². The number of carboxylic acid groups (broad SMARTS) is 1. The van der Waals surface area contributed by atoms with Gasteiger partial charge in [0.15, 0.2) is 11.5 Å². The highest BCUT2D eigenvalue weighted by Gasteiger charge is 2.14. The molecular formula is C11H12ClNO5. The van der Waals surface area contributed by atoms with Crippen LogP contribution in [-0.2, 0) is 4.79 Å². The van der Waals surface area contributed by atoms with Crippen molar-refractivity contribution in [3.63, 3.8) is 0 Å². The van der Waals surface area contributed by atoms with E-state index in [9.17, 15) is 14.7 Å². The van der Waals surface area contributed by atoms with Gasteiger partial charge in [0, 0.05) is 5.56 Å². The van der Waals surface area contributed by atoms with Crippen molar-refractivity contribution < 1.29 is 24.5 Å². The van der Waals surface area contributed by atoms with Gasteiger partial charge in [0.1, 0.15) is 6.54 Å². The monoisotopic (exact) mass is 273 g/mol. The first-order chi connectivity index (χ1) is 8.45. The quantitative estimate of drug-likeness (QED) is 0.750. The van der Waals surface area contributed by atoms with Crippen molar-refractivity contribution in [2.75, 3.05) is 13.2 Å². The topological polar surface area (TPSA) is 95.9 Å². The van der Waals surface area contributed by atoms with Gasteiger partial charge in [-0.15, -0.1) is 0 Å². The van der Waals surface area contributed by atoms with Gasteiger partial charge in [-0.2, -0.15) is 0 Å². The molecule has 3 N–H and O–H groups in total. The van der Waals surface area contributed by atoms with Crippen LogP contribution in [-0.4, -0.2) is 35.2 Å². The molecule has 18 heavy (non-hydrogen) atoms. The lowest BCUT2D eigenvalue weighted by Gasteiger charge is -2.10. The SMILES string of the molecule is CCOc1cc(C(=O)NCC(=O)O)cc(Cl)c1O. The largest absolute Gasteiger partial charge is 0.503 e. The van der Waals surface area contributed by atoms with Crippen molar-refractivity contribution in [1.82, 2.24) is 5.32 Å². The number of carboxylic acids is 1. The van der Waals surface area contributed by atoms with Crippen molar-refractivity contribution in [2.24, 2.45) is 0 Å². The molecule has 0 atom stereocenters. The smallest absolute Gasteiger partial charge is 0.322 e. The minimum absolute atomic E-state index is 0.0403. The van der Waals surface area contributed by atoms with Crippen LogP contribution in [0.25, 0.3) is 0 Å². The van der Waals surface area contributed by atoms with Gasteiger partial charge in [0.05, 0.1) is 11.6 Å². The lowest BCUT2D eigenvalue weighted by molar-refractivity contribution is -0.135. The zero-order valence-electron chi connectivity index (χ0n) is 9.57. The molecule has 1 aromatic rings. The van der Waals surface area contributed by atoms with E-state index in [-0.39, 0.29) is 22.1 Å². The minimum Gasteiger partial charge on any atom is -0.503 e. The number of rotatable bonds is 5. The molecule has 1 rings (SSSR count). The third-order valence-electron chi connectivity index (χ3n) is 1.99. The number of phenols is 1. The fourth-order valence-corrected chi connectivity index (χ4v) is 1.44. The van der Waals surface area contributed by atoms with E-state index in [4.69, 9.17) is 21.4 Å². The number of ether oxygens (including phenoxy) is 1. The summed E-state index contributed by atoms with van der Waals surface area (Å²) in [6, 6.07) is 2.53. The zero-order chi connectivity index (χ0) is 13.7. The van der Waals surface area contributed by atoms with Crippen LogP contribution in [0.15, 0.2) is 12.1 Å². The van der Waals surface area contributed by atoms with Crippen molar-refractivity contribution in [3.8, 4) is 11.5 Å². The second-order valence-electron chi connectivity index (χ2n) is 3.31. The average molecular weight is 274 g/mol. The van der Waals surface area contributed by atoms with Gasteiger partial charge in [0.25, 0.3) is 5.91 Å². The summed E-state index contributed by atoms with van der Waals surface area (Å²) in [5.74, 6) is -1.95. The molecule has 0 unspecified atom stereocenters. The van der Waals surface area contributed by atoms with Crippen LogP contribution in [0.2, 0.25) is 5.02 Å². The van der Waals surface area contributed by atoms with Crippen LogP contribution in [0.4, 0.5) is 0 Å². The standard InChI is InChI=1S/C11H12ClNO5/c1-2-18-8-4-6(3-7(12)10(8)16)11(17)13-5-9(14)15/h3-4,16H,2,5H2,1H3,(H,13,17)(H,14,15). The number of carbonyl (C=O) groups excluding carboxylic acids is 1. The maximum Gasteiger partial charge on any atom is 0.322 e. The third kappa shape index (κ3) is 3.53. The van der Waals surface area contributed by atoms with Crippen LogP contribution < -0.4 is 10.1 Å². The van der Waals surface area contributed by atoms with E-state index in [2.05, 4.69) is 5.32 Å². The van der Waals surface area contributed by atoms with Crippen LogP contribution in [0, 0.1) is 0 Å². The molecule has 98 valence electrons. The van der Waals surface area contributed by atoms with E-state index >= 15 is 0 Å². The number of hydrogen-bond donors (Lipinski definition) is 3. The summed E-state index contributed by atoms with van der Waals surface area (Å²) in [7, 11) is 0. The fourth-order valence-electron chi connectivity index (χ4n) is 1.23. The van der Waals surface area contributed by atoms with Crippen molar-refractivity contribution in [2.45, 2.75) is 6.92 Å². The Hall–Kier alpha value is -1.95. The molecule has 0 heterocycles. The van der Waals surface area contributed by atoms with Gasteiger partial charge in [-0.05, 0) is 19.1 Å². The summed E-state index contributed by atoms with van der Waals surface area (Å²) < 4.78 is 5.10. The number of benzene rings is 1. The Morgan fingerprint density at radius 2 is 2.11 bits per heavy atom. The maximum absolute atomic E-state index is 11.6. The predicted octanol–water partition coefficient (Wildman–Crippen LogP) is 1.26. The third-order valence-corrected chi connectivity index (χ3v) is 2.28. The summed E-state index contributed by atoms with van der Waals surface area (Å²) in [4.78, 5) is 21.9. The van der Waals surface area contributed by atoms with Crippen molar-refractivity contribution >= 4 is 23.5 Å².